The van der Waals surface area contributed by atoms with Gasteiger partial charge in [-0.2, -0.15) is 0 Å². The van der Waals surface area contributed by atoms with Gasteiger partial charge in [-0.05, 0) is 67.9 Å². The van der Waals surface area contributed by atoms with Gasteiger partial charge in [0.15, 0.2) is 17.1 Å². The second-order valence-electron chi connectivity index (χ2n) is 12.6. The van der Waals surface area contributed by atoms with E-state index in [1.165, 1.54) is 35.2 Å². The van der Waals surface area contributed by atoms with Crippen molar-refractivity contribution in [2.24, 2.45) is 13.0 Å². The number of nitrogens with two attached hydrogens (primary N) is 1. The first kappa shape index (κ1) is 32.9. The minimum absolute atomic E-state index is 0.0553. The molecule has 0 unspecified atom stereocenters. The number of imidazole rings is 1. The van der Waals surface area contributed by atoms with Crippen molar-refractivity contribution in [3.8, 4) is 23.5 Å². The van der Waals surface area contributed by atoms with E-state index in [2.05, 4.69) is 21.8 Å². The number of hydrogen-bond donors (Lipinski definition) is 2. The first-order chi connectivity index (χ1) is 23.1. The Morgan fingerprint density at radius 3 is 2.50 bits per heavy atom. The van der Waals surface area contributed by atoms with Crippen LogP contribution < -0.4 is 16.0 Å². The molecule has 1 amide bonds. The summed E-state index contributed by atoms with van der Waals surface area (Å²) in [5, 5.41) is 11.5. The van der Waals surface area contributed by atoms with Crippen molar-refractivity contribution in [1.82, 2.24) is 24.0 Å². The van der Waals surface area contributed by atoms with Crippen molar-refractivity contribution in [3.63, 3.8) is 0 Å². The number of hydrogen-bond acceptors (Lipinski definition) is 8. The number of anilines is 1. The van der Waals surface area contributed by atoms with Crippen molar-refractivity contribution in [2.75, 3.05) is 25.9 Å². The van der Waals surface area contributed by atoms with Gasteiger partial charge in [0.2, 0.25) is 5.88 Å². The van der Waals surface area contributed by atoms with E-state index in [4.69, 9.17) is 15.2 Å². The molecule has 6 rings (SSSR count). The molecule has 250 valence electrons. The maximum Gasteiger partial charge on any atom is 0.280 e. The van der Waals surface area contributed by atoms with E-state index in [0.717, 1.165) is 5.56 Å². The summed E-state index contributed by atoms with van der Waals surface area (Å²) in [7, 11) is 3.51. The average molecular weight is 655 g/mol. The Kier molecular flexibility index (Phi) is 9.35. The van der Waals surface area contributed by atoms with Crippen LogP contribution in [0.2, 0.25) is 0 Å². The number of aryl methyl sites for hydroxylation is 1. The fourth-order valence-electron chi connectivity index (χ4n) is 6.79. The smallest absolute Gasteiger partial charge is 0.280 e. The van der Waals surface area contributed by atoms with E-state index in [9.17, 15) is 19.1 Å². The molecule has 2 fully saturated rings. The van der Waals surface area contributed by atoms with Crippen molar-refractivity contribution in [3.05, 3.63) is 101 Å². The number of benzene rings is 2. The van der Waals surface area contributed by atoms with Crippen molar-refractivity contribution < 1.29 is 23.8 Å². The summed E-state index contributed by atoms with van der Waals surface area (Å²) in [6.45, 7) is 0.516. The van der Waals surface area contributed by atoms with Crippen molar-refractivity contribution in [2.45, 2.75) is 55.8 Å². The molecule has 1 aliphatic carbocycles. The lowest BCUT2D eigenvalue weighted by atomic mass is 9.67. The molecule has 11 nitrogen and oxygen atoms in total. The fourth-order valence-corrected chi connectivity index (χ4v) is 6.79. The minimum Gasteiger partial charge on any atom is -0.437 e. The SMILES string of the molecule is CO[C@]1(C(=O)N2CCC(O)(Cn3cnc(Oc4ccc(F)cc4)c(N)c3=O)CC2)CC[C@H](C#Cc2nccn2C)C[C@@H]1c1ccccc1. The van der Waals surface area contributed by atoms with Crippen LogP contribution in [0.15, 0.2) is 78.1 Å². The Hall–Kier alpha value is -4.99. The molecule has 1 saturated carbocycles. The molecule has 0 spiro atoms. The predicted molar refractivity (Wildman–Crippen MR) is 176 cm³/mol. The van der Waals surface area contributed by atoms with E-state index in [1.54, 1.807) is 18.2 Å². The number of carbonyl (C=O) groups is 1. The molecule has 2 aliphatic rings. The summed E-state index contributed by atoms with van der Waals surface area (Å²) in [6, 6.07) is 15.2. The molecule has 3 atom stereocenters. The van der Waals surface area contributed by atoms with Gasteiger partial charge in [-0.15, -0.1) is 0 Å². The third-order valence-electron chi connectivity index (χ3n) is 9.60. The number of carbonyl (C=O) groups excluding carboxylic acids is 1. The monoisotopic (exact) mass is 654 g/mol. The number of rotatable bonds is 7. The number of likely N-dealkylation sites (tertiary alicyclic amines) is 1. The highest BCUT2D eigenvalue weighted by Gasteiger charge is 2.52. The van der Waals surface area contributed by atoms with Gasteiger partial charge in [0.05, 0.1) is 12.1 Å². The Morgan fingerprint density at radius 1 is 1.10 bits per heavy atom. The number of halogens is 1. The van der Waals surface area contributed by atoms with Crippen LogP contribution in [-0.2, 0) is 23.1 Å². The highest BCUT2D eigenvalue weighted by molar-refractivity contribution is 5.87. The highest BCUT2D eigenvalue weighted by Crippen LogP contribution is 2.47. The van der Waals surface area contributed by atoms with Gasteiger partial charge >= 0.3 is 0 Å². The second kappa shape index (κ2) is 13.6. The lowest BCUT2D eigenvalue weighted by Gasteiger charge is -2.48. The number of aromatic nitrogens is 4. The summed E-state index contributed by atoms with van der Waals surface area (Å²) < 4.78 is 28.2. The molecule has 0 bridgehead atoms. The molecule has 2 aromatic heterocycles. The zero-order chi connectivity index (χ0) is 33.9. The Labute approximate surface area is 278 Å². The largest absolute Gasteiger partial charge is 0.437 e. The fraction of sp³-hybridized carbons (Fsp3) is 0.389. The van der Waals surface area contributed by atoms with Gasteiger partial charge in [-0.25, -0.2) is 14.4 Å². The summed E-state index contributed by atoms with van der Waals surface area (Å²) in [6.07, 6.45) is 7.17. The van der Waals surface area contributed by atoms with Crippen LogP contribution in [-0.4, -0.2) is 66.4 Å². The normalized spacial score (nSPS) is 22.0. The zero-order valence-corrected chi connectivity index (χ0v) is 27.0. The van der Waals surface area contributed by atoms with E-state index < -0.39 is 22.6 Å². The summed E-state index contributed by atoms with van der Waals surface area (Å²) in [4.78, 5) is 37.8. The van der Waals surface area contributed by atoms with Gasteiger partial charge in [0.25, 0.3) is 11.5 Å². The molecule has 0 radical (unpaired) electrons. The van der Waals surface area contributed by atoms with Crippen LogP contribution >= 0.6 is 0 Å². The van der Waals surface area contributed by atoms with Gasteiger partial charge in [-0.3, -0.25) is 14.2 Å². The number of piperidine rings is 1. The molecule has 2 aromatic carbocycles. The van der Waals surface area contributed by atoms with E-state index in [-0.39, 0.29) is 67.5 Å². The topological polar surface area (TPSA) is 138 Å². The van der Waals surface area contributed by atoms with Gasteiger partial charge in [-0.1, -0.05) is 36.3 Å². The first-order valence-electron chi connectivity index (χ1n) is 16.0. The third-order valence-corrected chi connectivity index (χ3v) is 9.60. The van der Waals surface area contributed by atoms with Crippen LogP contribution in [0.1, 0.15) is 49.4 Å². The Bertz CT molecular complexity index is 1870. The first-order valence-corrected chi connectivity index (χ1v) is 16.0. The molecule has 12 heteroatoms. The van der Waals surface area contributed by atoms with Crippen LogP contribution in [0.3, 0.4) is 0 Å². The number of nitrogens with zero attached hydrogens (tertiary/aromatic N) is 5. The van der Waals surface area contributed by atoms with Crippen LogP contribution in [0.5, 0.6) is 11.6 Å². The number of amides is 1. The minimum atomic E-state index is -1.27. The van der Waals surface area contributed by atoms with Crippen molar-refractivity contribution >= 4 is 11.6 Å². The van der Waals surface area contributed by atoms with Crippen LogP contribution in [0.25, 0.3) is 0 Å². The standard InChI is InChI=1S/C36H39FN6O5/c1-41-21-18-39-30(41)13-8-25-14-15-36(47-2,29(22-25)26-6-4-3-5-7-26)34(45)42-19-16-35(46,17-20-42)23-43-24-40-32(31(38)33(43)44)48-28-11-9-27(37)10-12-28/h3-7,9-12,18,21,24-25,29,46H,14-17,19-20,22-23,38H2,1-2H3/t25-,29+,36+/m0/s1. The second-order valence-corrected chi connectivity index (χ2v) is 12.6. The summed E-state index contributed by atoms with van der Waals surface area (Å²) >= 11 is 0. The molecule has 48 heavy (non-hydrogen) atoms. The van der Waals surface area contributed by atoms with E-state index >= 15 is 0 Å². The van der Waals surface area contributed by atoms with Gasteiger partial charge in [0, 0.05) is 51.5 Å². The Morgan fingerprint density at radius 2 is 1.83 bits per heavy atom. The molecular weight excluding hydrogens is 615 g/mol. The molecular formula is C36H39FN6O5. The molecule has 1 aliphatic heterocycles. The summed E-state index contributed by atoms with van der Waals surface area (Å²) in [5.74, 6) is 6.76. The van der Waals surface area contributed by atoms with E-state index in [1.807, 2.05) is 48.1 Å². The molecule has 3 N–H and O–H groups in total. The lowest BCUT2D eigenvalue weighted by Crippen LogP contribution is -2.59. The maximum atomic E-state index is 14.4. The predicted octanol–water partition coefficient (Wildman–Crippen LogP) is 3.86. The van der Waals surface area contributed by atoms with E-state index in [0.29, 0.717) is 25.1 Å². The number of aliphatic hydroxyl groups is 1. The number of nitrogen functional groups attached to an aromatic ring is 1. The van der Waals surface area contributed by atoms with Gasteiger partial charge in [0.1, 0.15) is 17.9 Å². The maximum absolute atomic E-state index is 14.4. The highest BCUT2D eigenvalue weighted by atomic mass is 19.1. The average Bonchev–Trinajstić information content (AvgIpc) is 3.52. The quantitative estimate of drug-likeness (QED) is 0.287. The molecule has 1 saturated heterocycles. The van der Waals surface area contributed by atoms with Crippen molar-refractivity contribution in [1.29, 1.82) is 0 Å². The lowest BCUT2D eigenvalue weighted by molar-refractivity contribution is -0.167. The third kappa shape index (κ3) is 6.70. The summed E-state index contributed by atoms with van der Waals surface area (Å²) in [5.41, 5.74) is 3.90. The number of methoxy groups -OCH3 is 1. The van der Waals surface area contributed by atoms with Gasteiger partial charge < -0.3 is 29.8 Å². The molecule has 3 heterocycles. The van der Waals surface area contributed by atoms with Crippen LogP contribution in [0, 0.1) is 23.6 Å². The molecule has 4 aromatic rings. The number of ether oxygens (including phenoxy) is 2. The van der Waals surface area contributed by atoms with Crippen LogP contribution in [0.4, 0.5) is 10.1 Å². The zero-order valence-electron chi connectivity index (χ0n) is 27.0. The Balaban J connectivity index is 1.15.